The summed E-state index contributed by atoms with van der Waals surface area (Å²) >= 11 is 1.66. The van der Waals surface area contributed by atoms with Crippen LogP contribution in [-0.4, -0.2) is 17.6 Å². The number of fused-ring (bicyclic) bond motifs is 1. The third kappa shape index (κ3) is 2.79. The highest BCUT2D eigenvalue weighted by Crippen LogP contribution is 2.45. The summed E-state index contributed by atoms with van der Waals surface area (Å²) < 4.78 is 29.2. The first-order chi connectivity index (χ1) is 13.4. The summed E-state index contributed by atoms with van der Waals surface area (Å²) in [4.78, 5) is 1.30. The van der Waals surface area contributed by atoms with Gasteiger partial charge >= 0.3 is 0 Å². The number of nitrogens with zero attached hydrogens (tertiary/aromatic N) is 2. The molecule has 4 nitrogen and oxygen atoms in total. The van der Waals surface area contributed by atoms with Crippen molar-refractivity contribution in [3.8, 4) is 10.6 Å². The molecule has 28 heavy (non-hydrogen) atoms. The van der Waals surface area contributed by atoms with Crippen molar-refractivity contribution in [3.63, 3.8) is 0 Å². The Labute approximate surface area is 168 Å². The molecule has 1 aliphatic rings. The van der Waals surface area contributed by atoms with Gasteiger partial charge < -0.3 is 0 Å². The molecule has 0 radical (unpaired) electrons. The van der Waals surface area contributed by atoms with Crippen molar-refractivity contribution in [2.75, 3.05) is 0 Å². The molecule has 0 spiro atoms. The van der Waals surface area contributed by atoms with E-state index in [4.69, 9.17) is 0 Å². The predicted octanol–water partition coefficient (Wildman–Crippen LogP) is 5.50. The molecule has 142 valence electrons. The average Bonchev–Trinajstić information content (AvgIpc) is 3.32. The molecule has 2 aromatic heterocycles. The van der Waals surface area contributed by atoms with E-state index in [1.165, 1.54) is 8.79 Å². The topological polar surface area (TPSA) is 52.0 Å². The van der Waals surface area contributed by atoms with Crippen molar-refractivity contribution < 1.29 is 8.42 Å². The summed E-state index contributed by atoms with van der Waals surface area (Å²) in [6.45, 7) is 3.95. The van der Waals surface area contributed by atoms with E-state index in [-0.39, 0.29) is 10.8 Å². The average molecular weight is 409 g/mol. The molecule has 0 amide bonds. The van der Waals surface area contributed by atoms with Crippen molar-refractivity contribution in [3.05, 3.63) is 71.4 Å². The smallest absolute Gasteiger partial charge is 0.199 e. The molecule has 4 aromatic rings. The molecule has 6 heteroatoms. The zero-order chi connectivity index (χ0) is 19.5. The van der Waals surface area contributed by atoms with E-state index in [9.17, 15) is 8.42 Å². The maximum Gasteiger partial charge on any atom is 0.283 e. The van der Waals surface area contributed by atoms with E-state index in [2.05, 4.69) is 23.3 Å². The van der Waals surface area contributed by atoms with Gasteiger partial charge in [0.2, 0.25) is 0 Å². The van der Waals surface area contributed by atoms with Crippen LogP contribution in [-0.2, 0) is 10.0 Å². The maximum absolute atomic E-state index is 13.4. The fourth-order valence-electron chi connectivity index (χ4n) is 3.63. The molecule has 0 N–H and O–H groups in total. The summed E-state index contributed by atoms with van der Waals surface area (Å²) in [6.07, 6.45) is 2.03. The molecule has 1 saturated carbocycles. The van der Waals surface area contributed by atoms with Crippen molar-refractivity contribution in [2.45, 2.75) is 37.5 Å². The summed E-state index contributed by atoms with van der Waals surface area (Å²) in [5.41, 5.74) is 3.63. The fourth-order valence-corrected chi connectivity index (χ4v) is 6.15. The number of hydrogen-bond donors (Lipinski definition) is 0. The van der Waals surface area contributed by atoms with E-state index >= 15 is 0 Å². The zero-order valence-corrected chi connectivity index (χ0v) is 17.3. The van der Waals surface area contributed by atoms with Crippen LogP contribution in [0.4, 0.5) is 0 Å². The lowest BCUT2D eigenvalue weighted by Gasteiger charge is -2.09. The minimum atomic E-state index is -3.72. The molecule has 0 aliphatic heterocycles. The molecule has 0 bridgehead atoms. The van der Waals surface area contributed by atoms with Crippen molar-refractivity contribution in [2.24, 2.45) is 0 Å². The van der Waals surface area contributed by atoms with Crippen LogP contribution in [0.25, 0.3) is 20.7 Å². The molecular weight excluding hydrogens is 388 g/mol. The van der Waals surface area contributed by atoms with E-state index < -0.39 is 10.0 Å². The third-order valence-electron chi connectivity index (χ3n) is 5.31. The number of rotatable bonds is 4. The van der Waals surface area contributed by atoms with Crippen LogP contribution < -0.4 is 0 Å². The Morgan fingerprint density at radius 2 is 1.75 bits per heavy atom. The summed E-state index contributed by atoms with van der Waals surface area (Å²) in [6, 6.07) is 17.3. The standard InChI is InChI=1S/C22H20N2O2S2/c1-14-7-11-18(12-8-14)28(25,26)24-22(16-9-10-16)15(2)21(23-24)20-13-17-5-3-4-6-19(17)27-20/h3-8,11-13,16H,9-10H2,1-2H3. The highest BCUT2D eigenvalue weighted by Gasteiger charge is 2.35. The predicted molar refractivity (Wildman–Crippen MR) is 114 cm³/mol. The second kappa shape index (κ2) is 6.29. The normalized spacial score (nSPS) is 14.6. The molecule has 0 unspecified atom stereocenters. The van der Waals surface area contributed by atoms with Crippen LogP contribution in [0.2, 0.25) is 0 Å². The van der Waals surface area contributed by atoms with Gasteiger partial charge in [-0.25, -0.2) is 0 Å². The van der Waals surface area contributed by atoms with Gasteiger partial charge in [-0.05, 0) is 56.3 Å². The van der Waals surface area contributed by atoms with E-state index in [0.717, 1.165) is 45.6 Å². The Balaban J connectivity index is 1.70. The highest BCUT2D eigenvalue weighted by atomic mass is 32.2. The molecule has 1 fully saturated rings. The van der Waals surface area contributed by atoms with Crippen molar-refractivity contribution >= 4 is 31.4 Å². The van der Waals surface area contributed by atoms with Gasteiger partial charge in [0.05, 0.1) is 15.5 Å². The number of aryl methyl sites for hydroxylation is 1. The fraction of sp³-hybridized carbons (Fsp3) is 0.227. The maximum atomic E-state index is 13.4. The molecule has 0 atom stereocenters. The SMILES string of the molecule is Cc1ccc(S(=O)(=O)n2nc(-c3cc4ccccc4s3)c(C)c2C2CC2)cc1. The van der Waals surface area contributed by atoms with Crippen molar-refractivity contribution in [1.29, 1.82) is 0 Å². The minimum Gasteiger partial charge on any atom is -0.199 e. The van der Waals surface area contributed by atoms with Crippen LogP contribution in [0.15, 0.2) is 59.5 Å². The molecule has 5 rings (SSSR count). The summed E-state index contributed by atoms with van der Waals surface area (Å²) in [5.74, 6) is 0.274. The Bertz CT molecular complexity index is 1260. The third-order valence-corrected chi connectivity index (χ3v) is 8.03. The summed E-state index contributed by atoms with van der Waals surface area (Å²) in [5, 5.41) is 5.80. The Morgan fingerprint density at radius 3 is 2.43 bits per heavy atom. The molecular formula is C22H20N2O2S2. The number of hydrogen-bond acceptors (Lipinski definition) is 4. The first-order valence-corrected chi connectivity index (χ1v) is 11.6. The van der Waals surface area contributed by atoms with Gasteiger partial charge in [-0.2, -0.15) is 17.6 Å². The molecule has 2 aromatic carbocycles. The van der Waals surface area contributed by atoms with Gasteiger partial charge in [-0.3, -0.25) is 0 Å². The van der Waals surface area contributed by atoms with Crippen molar-refractivity contribution in [1.82, 2.24) is 9.19 Å². The second-order valence-electron chi connectivity index (χ2n) is 7.44. The lowest BCUT2D eigenvalue weighted by atomic mass is 10.1. The van der Waals surface area contributed by atoms with Gasteiger partial charge in [0.15, 0.2) is 0 Å². The van der Waals surface area contributed by atoms with Crippen LogP contribution in [0.1, 0.15) is 35.6 Å². The number of aromatic nitrogens is 2. The highest BCUT2D eigenvalue weighted by molar-refractivity contribution is 7.89. The van der Waals surface area contributed by atoms with Crippen LogP contribution in [0.3, 0.4) is 0 Å². The zero-order valence-electron chi connectivity index (χ0n) is 15.7. The first-order valence-electron chi connectivity index (χ1n) is 9.36. The molecule has 1 aliphatic carbocycles. The molecule has 2 heterocycles. The quantitative estimate of drug-likeness (QED) is 0.448. The Morgan fingerprint density at radius 1 is 1.04 bits per heavy atom. The largest absolute Gasteiger partial charge is 0.283 e. The summed E-state index contributed by atoms with van der Waals surface area (Å²) in [7, 11) is -3.72. The molecule has 0 saturated heterocycles. The van der Waals surface area contributed by atoms with Gasteiger partial charge in [0.1, 0.15) is 5.69 Å². The Hall–Kier alpha value is -2.44. The van der Waals surface area contributed by atoms with Gasteiger partial charge in [0.25, 0.3) is 10.0 Å². The van der Waals surface area contributed by atoms with Gasteiger partial charge in [-0.15, -0.1) is 11.3 Å². The lowest BCUT2D eigenvalue weighted by Crippen LogP contribution is -2.17. The van der Waals surface area contributed by atoms with E-state index in [1.807, 2.05) is 38.1 Å². The minimum absolute atomic E-state index is 0.274. The van der Waals surface area contributed by atoms with Crippen LogP contribution >= 0.6 is 11.3 Å². The lowest BCUT2D eigenvalue weighted by molar-refractivity contribution is 0.576. The van der Waals surface area contributed by atoms with Crippen LogP contribution in [0, 0.1) is 13.8 Å². The monoisotopic (exact) mass is 408 g/mol. The van der Waals surface area contributed by atoms with Gasteiger partial charge in [-0.1, -0.05) is 35.9 Å². The van der Waals surface area contributed by atoms with E-state index in [0.29, 0.717) is 0 Å². The van der Waals surface area contributed by atoms with Gasteiger partial charge in [0, 0.05) is 16.2 Å². The number of benzene rings is 2. The Kier molecular flexibility index (Phi) is 3.96. The first kappa shape index (κ1) is 17.6. The van der Waals surface area contributed by atoms with E-state index in [1.54, 1.807) is 23.5 Å². The number of thiophene rings is 1. The second-order valence-corrected chi connectivity index (χ2v) is 10.3. The van der Waals surface area contributed by atoms with Crippen LogP contribution in [0.5, 0.6) is 0 Å².